The van der Waals surface area contributed by atoms with Crippen LogP contribution < -0.4 is 25.6 Å². The van der Waals surface area contributed by atoms with Crippen molar-refractivity contribution in [2.24, 2.45) is 5.92 Å². The Kier molecular flexibility index (Phi) is 3.63. The lowest BCUT2D eigenvalue weighted by Crippen LogP contribution is -2.45. The summed E-state index contributed by atoms with van der Waals surface area (Å²) in [6, 6.07) is 6.08. The van der Waals surface area contributed by atoms with Crippen LogP contribution in [0.3, 0.4) is 0 Å². The van der Waals surface area contributed by atoms with Crippen LogP contribution in [0.25, 0.3) is 0 Å². The van der Waals surface area contributed by atoms with Crippen molar-refractivity contribution in [3.63, 3.8) is 0 Å². The molecule has 118 valence electrons. The van der Waals surface area contributed by atoms with Crippen molar-refractivity contribution < 1.29 is 14.3 Å². The van der Waals surface area contributed by atoms with E-state index in [2.05, 4.69) is 16.2 Å². The first-order chi connectivity index (χ1) is 10.8. The smallest absolute Gasteiger partial charge is 0.239 e. The summed E-state index contributed by atoms with van der Waals surface area (Å²) in [4.78, 5) is 12.4. The zero-order valence-electron chi connectivity index (χ0n) is 12.4. The van der Waals surface area contributed by atoms with E-state index in [1.165, 1.54) is 12.8 Å². The first-order valence-electron chi connectivity index (χ1n) is 7.98. The molecule has 3 aliphatic rings. The summed E-state index contributed by atoms with van der Waals surface area (Å²) in [5, 5.41) is 3.03. The highest BCUT2D eigenvalue weighted by Gasteiger charge is 2.40. The van der Waals surface area contributed by atoms with Crippen molar-refractivity contribution in [3.05, 3.63) is 23.8 Å². The van der Waals surface area contributed by atoms with E-state index in [0.29, 0.717) is 18.5 Å². The van der Waals surface area contributed by atoms with Gasteiger partial charge in [-0.3, -0.25) is 10.2 Å². The SMILES string of the molecule is O=C(NCc1ccc2c(c1)OCO2)C1NNC2CCCCC21. The van der Waals surface area contributed by atoms with Gasteiger partial charge in [0.05, 0.1) is 0 Å². The number of hydrogen-bond donors (Lipinski definition) is 3. The molecule has 3 N–H and O–H groups in total. The number of carbonyl (C=O) groups excluding carboxylic acids is 1. The van der Waals surface area contributed by atoms with Crippen molar-refractivity contribution in [3.8, 4) is 11.5 Å². The van der Waals surface area contributed by atoms with Gasteiger partial charge in [-0.25, -0.2) is 5.43 Å². The molecule has 22 heavy (non-hydrogen) atoms. The maximum absolute atomic E-state index is 12.4. The molecule has 1 aromatic rings. The molecule has 0 bridgehead atoms. The molecule has 6 heteroatoms. The normalized spacial score (nSPS) is 29.2. The van der Waals surface area contributed by atoms with E-state index in [1.54, 1.807) is 0 Å². The number of hydrazine groups is 1. The molecule has 1 amide bonds. The van der Waals surface area contributed by atoms with Crippen molar-refractivity contribution >= 4 is 5.91 Å². The van der Waals surface area contributed by atoms with E-state index in [4.69, 9.17) is 9.47 Å². The number of hydrogen-bond acceptors (Lipinski definition) is 5. The molecule has 1 saturated carbocycles. The van der Waals surface area contributed by atoms with Crippen LogP contribution in [0.1, 0.15) is 31.2 Å². The minimum atomic E-state index is -0.126. The second-order valence-electron chi connectivity index (χ2n) is 6.23. The van der Waals surface area contributed by atoms with Crippen LogP contribution in [0.5, 0.6) is 11.5 Å². The van der Waals surface area contributed by atoms with Crippen molar-refractivity contribution in [1.29, 1.82) is 0 Å². The molecule has 3 atom stereocenters. The van der Waals surface area contributed by atoms with E-state index in [9.17, 15) is 4.79 Å². The third-order valence-corrected chi connectivity index (χ3v) is 4.86. The van der Waals surface area contributed by atoms with Crippen LogP contribution in [0.2, 0.25) is 0 Å². The molecule has 6 nitrogen and oxygen atoms in total. The molecule has 2 heterocycles. The number of nitrogens with one attached hydrogen (secondary N) is 3. The van der Waals surface area contributed by atoms with Gasteiger partial charge in [0.15, 0.2) is 11.5 Å². The molecule has 2 aliphatic heterocycles. The lowest BCUT2D eigenvalue weighted by Gasteiger charge is -2.26. The van der Waals surface area contributed by atoms with E-state index >= 15 is 0 Å². The molecule has 0 aromatic heterocycles. The van der Waals surface area contributed by atoms with Crippen molar-refractivity contribution in [2.75, 3.05) is 6.79 Å². The Bertz CT molecular complexity index is 578. The first kappa shape index (κ1) is 13.8. The number of benzene rings is 1. The number of rotatable bonds is 3. The fraction of sp³-hybridized carbons (Fsp3) is 0.562. The Labute approximate surface area is 129 Å². The van der Waals surface area contributed by atoms with Crippen LogP contribution in [-0.4, -0.2) is 24.8 Å². The lowest BCUT2D eigenvalue weighted by molar-refractivity contribution is -0.124. The van der Waals surface area contributed by atoms with E-state index in [1.807, 2.05) is 18.2 Å². The average Bonchev–Trinajstić information content (AvgIpc) is 3.18. The monoisotopic (exact) mass is 303 g/mol. The molecular formula is C16H21N3O3. The summed E-state index contributed by atoms with van der Waals surface area (Å²) in [7, 11) is 0. The quantitative estimate of drug-likeness (QED) is 0.779. The van der Waals surface area contributed by atoms with Crippen molar-refractivity contribution in [2.45, 2.75) is 44.3 Å². The van der Waals surface area contributed by atoms with Gasteiger partial charge >= 0.3 is 0 Å². The van der Waals surface area contributed by atoms with Crippen LogP contribution in [0.15, 0.2) is 18.2 Å². The van der Waals surface area contributed by atoms with E-state index in [-0.39, 0.29) is 18.7 Å². The summed E-state index contributed by atoms with van der Waals surface area (Å²) in [5.41, 5.74) is 7.46. The van der Waals surface area contributed by atoms with Crippen molar-refractivity contribution in [1.82, 2.24) is 16.2 Å². The Morgan fingerprint density at radius 2 is 2.05 bits per heavy atom. The Morgan fingerprint density at radius 1 is 1.18 bits per heavy atom. The fourth-order valence-electron chi connectivity index (χ4n) is 3.65. The number of ether oxygens (including phenoxy) is 2. The predicted molar refractivity (Wildman–Crippen MR) is 80.2 cm³/mol. The molecule has 3 unspecified atom stereocenters. The Balaban J connectivity index is 1.36. The lowest BCUT2D eigenvalue weighted by atomic mass is 9.81. The molecule has 0 spiro atoms. The standard InChI is InChI=1S/C16H21N3O3/c20-16(15-11-3-1-2-4-12(11)18-19-15)17-8-10-5-6-13-14(7-10)22-9-21-13/h5-7,11-12,15,18-19H,1-4,8-9H2,(H,17,20). The summed E-state index contributed by atoms with van der Waals surface area (Å²) in [5.74, 6) is 1.99. The minimum Gasteiger partial charge on any atom is -0.454 e. The fourth-order valence-corrected chi connectivity index (χ4v) is 3.65. The first-order valence-corrected chi connectivity index (χ1v) is 7.98. The second-order valence-corrected chi connectivity index (χ2v) is 6.23. The third kappa shape index (κ3) is 2.53. The van der Waals surface area contributed by atoms with Crippen LogP contribution in [0, 0.1) is 5.92 Å². The van der Waals surface area contributed by atoms with E-state index in [0.717, 1.165) is 29.9 Å². The van der Waals surface area contributed by atoms with Gasteiger partial charge in [0.1, 0.15) is 6.04 Å². The van der Waals surface area contributed by atoms with E-state index < -0.39 is 0 Å². The summed E-state index contributed by atoms with van der Waals surface area (Å²) in [6.07, 6.45) is 4.74. The molecular weight excluding hydrogens is 282 g/mol. The van der Waals surface area contributed by atoms with Crippen LogP contribution in [-0.2, 0) is 11.3 Å². The summed E-state index contributed by atoms with van der Waals surface area (Å²) >= 11 is 0. The number of carbonyl (C=O) groups is 1. The van der Waals surface area contributed by atoms with Gasteiger partial charge in [0.25, 0.3) is 0 Å². The number of amides is 1. The topological polar surface area (TPSA) is 71.6 Å². The molecule has 1 aliphatic carbocycles. The maximum atomic E-state index is 12.4. The largest absolute Gasteiger partial charge is 0.454 e. The zero-order valence-corrected chi connectivity index (χ0v) is 12.4. The molecule has 2 fully saturated rings. The van der Waals surface area contributed by atoms with Gasteiger partial charge < -0.3 is 14.8 Å². The van der Waals surface area contributed by atoms with Gasteiger partial charge in [-0.15, -0.1) is 0 Å². The van der Waals surface area contributed by atoms with Gasteiger partial charge in [-0.1, -0.05) is 18.9 Å². The molecule has 1 aromatic carbocycles. The number of fused-ring (bicyclic) bond motifs is 2. The highest BCUT2D eigenvalue weighted by molar-refractivity contribution is 5.82. The average molecular weight is 303 g/mol. The predicted octanol–water partition coefficient (Wildman–Crippen LogP) is 1.07. The molecule has 0 radical (unpaired) electrons. The highest BCUT2D eigenvalue weighted by Crippen LogP contribution is 2.33. The Morgan fingerprint density at radius 3 is 3.00 bits per heavy atom. The third-order valence-electron chi connectivity index (χ3n) is 4.86. The summed E-state index contributed by atoms with van der Waals surface area (Å²) in [6.45, 7) is 0.775. The van der Waals surface area contributed by atoms with Gasteiger partial charge in [-0.2, -0.15) is 0 Å². The van der Waals surface area contributed by atoms with Gasteiger partial charge in [0.2, 0.25) is 12.7 Å². The zero-order chi connectivity index (χ0) is 14.9. The summed E-state index contributed by atoms with van der Waals surface area (Å²) < 4.78 is 10.7. The maximum Gasteiger partial charge on any atom is 0.239 e. The Hall–Kier alpha value is -1.79. The minimum absolute atomic E-state index is 0.0690. The van der Waals surface area contributed by atoms with Gasteiger partial charge in [0, 0.05) is 18.5 Å². The van der Waals surface area contributed by atoms with Crippen LogP contribution in [0.4, 0.5) is 0 Å². The molecule has 1 saturated heterocycles. The highest BCUT2D eigenvalue weighted by atomic mass is 16.7. The second kappa shape index (κ2) is 5.78. The van der Waals surface area contributed by atoms with Crippen LogP contribution >= 0.6 is 0 Å². The van der Waals surface area contributed by atoms with Gasteiger partial charge in [-0.05, 0) is 30.5 Å². The molecule has 4 rings (SSSR count).